The van der Waals surface area contributed by atoms with Gasteiger partial charge >= 0.3 is 0 Å². The van der Waals surface area contributed by atoms with Crippen molar-refractivity contribution < 1.29 is 8.78 Å². The Labute approximate surface area is 186 Å². The van der Waals surface area contributed by atoms with Gasteiger partial charge in [-0.2, -0.15) is 5.26 Å². The van der Waals surface area contributed by atoms with Gasteiger partial charge in [0.15, 0.2) is 0 Å². The normalized spacial score (nSPS) is 20.2. The first-order chi connectivity index (χ1) is 14.6. The fourth-order valence-electron chi connectivity index (χ4n) is 4.17. The highest BCUT2D eigenvalue weighted by Gasteiger charge is 2.44. The molecule has 168 valence electrons. The standard InChI is InChI=1S/C26H35F2N3/c1-8-18(5)26(6,12-10-17(3)4)21-15-22(27)20(16-29)25(28)24(21)23-14-19(11-13-30-23)31(7)9-2/h10-14,17-18,21H,8-9,15H2,1-7H3. The summed E-state index contributed by atoms with van der Waals surface area (Å²) in [5.74, 6) is -1.44. The van der Waals surface area contributed by atoms with Gasteiger partial charge in [-0.05, 0) is 36.3 Å². The molecule has 0 radical (unpaired) electrons. The van der Waals surface area contributed by atoms with Crippen molar-refractivity contribution in [2.45, 2.75) is 54.4 Å². The third kappa shape index (κ3) is 5.06. The molecular weight excluding hydrogens is 392 g/mol. The maximum Gasteiger partial charge on any atom is 0.149 e. The minimum atomic E-state index is -0.785. The molecule has 31 heavy (non-hydrogen) atoms. The summed E-state index contributed by atoms with van der Waals surface area (Å²) in [6, 6.07) is 5.45. The largest absolute Gasteiger partial charge is 0.375 e. The van der Waals surface area contributed by atoms with Crippen LogP contribution in [0.1, 0.15) is 60.1 Å². The Balaban J connectivity index is 2.77. The van der Waals surface area contributed by atoms with Gasteiger partial charge in [0, 0.05) is 43.4 Å². The zero-order valence-corrected chi connectivity index (χ0v) is 19.8. The van der Waals surface area contributed by atoms with Crippen LogP contribution < -0.4 is 4.90 Å². The molecule has 3 nitrogen and oxygen atoms in total. The molecule has 1 aromatic rings. The minimum Gasteiger partial charge on any atom is -0.375 e. The Hall–Kier alpha value is -2.48. The lowest BCUT2D eigenvalue weighted by molar-refractivity contribution is 0.189. The molecule has 0 saturated carbocycles. The van der Waals surface area contributed by atoms with E-state index in [-0.39, 0.29) is 12.3 Å². The number of hydrogen-bond acceptors (Lipinski definition) is 3. The van der Waals surface area contributed by atoms with Crippen LogP contribution in [0.3, 0.4) is 0 Å². The zero-order valence-electron chi connectivity index (χ0n) is 19.8. The second-order valence-electron chi connectivity index (χ2n) is 9.07. The molecule has 0 saturated heterocycles. The number of nitriles is 1. The summed E-state index contributed by atoms with van der Waals surface area (Å²) in [7, 11) is 1.96. The number of nitrogens with zero attached hydrogens (tertiary/aromatic N) is 3. The molecule has 1 aliphatic rings. The number of allylic oxidation sites excluding steroid dienone is 6. The molecule has 0 bridgehead atoms. The van der Waals surface area contributed by atoms with Gasteiger partial charge in [0.05, 0.1) is 5.69 Å². The van der Waals surface area contributed by atoms with Crippen LogP contribution in [-0.4, -0.2) is 18.6 Å². The van der Waals surface area contributed by atoms with E-state index in [1.807, 2.05) is 31.0 Å². The van der Waals surface area contributed by atoms with E-state index < -0.39 is 28.6 Å². The van der Waals surface area contributed by atoms with Crippen LogP contribution in [0.2, 0.25) is 0 Å². The van der Waals surface area contributed by atoms with Crippen molar-refractivity contribution in [3.05, 3.63) is 53.4 Å². The summed E-state index contributed by atoms with van der Waals surface area (Å²) in [4.78, 5) is 6.50. The van der Waals surface area contributed by atoms with Crippen LogP contribution in [0.4, 0.5) is 14.5 Å². The summed E-state index contributed by atoms with van der Waals surface area (Å²) in [5.41, 5.74) is 0.705. The van der Waals surface area contributed by atoms with Crippen molar-refractivity contribution in [2.75, 3.05) is 18.5 Å². The molecule has 1 heterocycles. The summed E-state index contributed by atoms with van der Waals surface area (Å²) in [5, 5.41) is 9.43. The molecule has 0 aliphatic heterocycles. The van der Waals surface area contributed by atoms with E-state index in [9.17, 15) is 9.65 Å². The van der Waals surface area contributed by atoms with Crippen molar-refractivity contribution in [3.63, 3.8) is 0 Å². The molecule has 1 aliphatic carbocycles. The molecule has 2 rings (SSSR count). The van der Waals surface area contributed by atoms with Crippen molar-refractivity contribution in [1.29, 1.82) is 5.26 Å². The van der Waals surface area contributed by atoms with Crippen LogP contribution in [-0.2, 0) is 0 Å². The van der Waals surface area contributed by atoms with Gasteiger partial charge in [-0.3, -0.25) is 4.98 Å². The van der Waals surface area contributed by atoms with E-state index in [1.165, 1.54) is 0 Å². The van der Waals surface area contributed by atoms with E-state index in [0.717, 1.165) is 18.7 Å². The highest BCUT2D eigenvalue weighted by molar-refractivity contribution is 5.76. The average Bonchev–Trinajstić information content (AvgIpc) is 2.76. The van der Waals surface area contributed by atoms with Gasteiger partial charge in [0.2, 0.25) is 0 Å². The fraction of sp³-hybridized carbons (Fsp3) is 0.538. The van der Waals surface area contributed by atoms with Crippen molar-refractivity contribution in [1.82, 2.24) is 4.98 Å². The first-order valence-electron chi connectivity index (χ1n) is 11.2. The van der Waals surface area contributed by atoms with Crippen molar-refractivity contribution in [3.8, 4) is 6.07 Å². The van der Waals surface area contributed by atoms with E-state index in [1.54, 1.807) is 12.3 Å². The fourth-order valence-corrected chi connectivity index (χ4v) is 4.17. The lowest BCUT2D eigenvalue weighted by atomic mass is 9.61. The molecule has 1 aromatic heterocycles. The third-order valence-electron chi connectivity index (χ3n) is 6.77. The molecule has 0 fully saturated rings. The summed E-state index contributed by atoms with van der Waals surface area (Å²) >= 11 is 0. The maximum absolute atomic E-state index is 15.7. The van der Waals surface area contributed by atoms with Gasteiger partial charge < -0.3 is 4.90 Å². The Morgan fingerprint density at radius 3 is 2.55 bits per heavy atom. The van der Waals surface area contributed by atoms with Crippen LogP contribution in [0.15, 0.2) is 47.7 Å². The highest BCUT2D eigenvalue weighted by atomic mass is 19.1. The lowest BCUT2D eigenvalue weighted by Crippen LogP contribution is -2.35. The quantitative estimate of drug-likeness (QED) is 0.410. The zero-order chi connectivity index (χ0) is 23.3. The molecular formula is C26H35F2N3. The Morgan fingerprint density at radius 1 is 1.32 bits per heavy atom. The summed E-state index contributed by atoms with van der Waals surface area (Å²) in [6.45, 7) is 13.3. The Bertz CT molecular complexity index is 923. The van der Waals surface area contributed by atoms with Gasteiger partial charge in [-0.15, -0.1) is 0 Å². The SMILES string of the molecule is CCC(C)C(C)(C=CC(C)C)C1CC(F)=C(C#N)C(F)=C1c1cc(N(C)CC)ccn1. The van der Waals surface area contributed by atoms with Crippen molar-refractivity contribution in [2.24, 2.45) is 23.2 Å². The molecule has 0 spiro atoms. The molecule has 3 atom stereocenters. The Morgan fingerprint density at radius 2 is 2.00 bits per heavy atom. The van der Waals surface area contributed by atoms with Gasteiger partial charge in [-0.25, -0.2) is 8.78 Å². The number of hydrogen-bond donors (Lipinski definition) is 0. The average molecular weight is 428 g/mol. The Kier molecular flexibility index (Phi) is 8.17. The monoisotopic (exact) mass is 427 g/mol. The first kappa shape index (κ1) is 24.8. The van der Waals surface area contributed by atoms with E-state index in [4.69, 9.17) is 0 Å². The van der Waals surface area contributed by atoms with Gasteiger partial charge in [0.1, 0.15) is 23.3 Å². The second-order valence-corrected chi connectivity index (χ2v) is 9.07. The van der Waals surface area contributed by atoms with Crippen LogP contribution in [0.25, 0.3) is 5.57 Å². The molecule has 0 N–H and O–H groups in total. The number of anilines is 1. The summed E-state index contributed by atoms with van der Waals surface area (Å²) in [6.07, 6.45) is 6.74. The maximum atomic E-state index is 15.7. The molecule has 3 unspecified atom stereocenters. The van der Waals surface area contributed by atoms with E-state index >= 15 is 4.39 Å². The van der Waals surface area contributed by atoms with Gasteiger partial charge in [0.25, 0.3) is 0 Å². The number of pyridine rings is 1. The van der Waals surface area contributed by atoms with Gasteiger partial charge in [-0.1, -0.05) is 53.2 Å². The van der Waals surface area contributed by atoms with Crippen LogP contribution >= 0.6 is 0 Å². The number of rotatable bonds is 8. The topological polar surface area (TPSA) is 39.9 Å². The van der Waals surface area contributed by atoms with Crippen molar-refractivity contribution >= 4 is 11.3 Å². The summed E-state index contributed by atoms with van der Waals surface area (Å²) < 4.78 is 30.6. The third-order valence-corrected chi connectivity index (χ3v) is 6.77. The predicted molar refractivity (Wildman–Crippen MR) is 125 cm³/mol. The number of aromatic nitrogens is 1. The van der Waals surface area contributed by atoms with Crippen LogP contribution in [0, 0.1) is 34.5 Å². The smallest absolute Gasteiger partial charge is 0.149 e. The molecule has 0 aromatic carbocycles. The first-order valence-corrected chi connectivity index (χ1v) is 11.2. The highest BCUT2D eigenvalue weighted by Crippen LogP contribution is 2.53. The molecule has 0 amide bonds. The van der Waals surface area contributed by atoms with Crippen LogP contribution in [0.5, 0.6) is 0 Å². The molecule has 5 heteroatoms. The second kappa shape index (κ2) is 10.2. The predicted octanol–water partition coefficient (Wildman–Crippen LogP) is 7.25. The minimum absolute atomic E-state index is 0.00948. The van der Waals surface area contributed by atoms with E-state index in [0.29, 0.717) is 17.2 Å². The van der Waals surface area contributed by atoms with E-state index in [2.05, 4.69) is 51.8 Å². The lowest BCUT2D eigenvalue weighted by Gasteiger charge is -2.43. The number of halogens is 2.